The number of hydrogen-bond acceptors (Lipinski definition) is 2. The van der Waals surface area contributed by atoms with Crippen LogP contribution in [-0.2, 0) is 4.74 Å². The molecule has 0 aliphatic heterocycles. The Bertz CT molecular complexity index is 992. The molecule has 2 aromatic rings. The van der Waals surface area contributed by atoms with Crippen LogP contribution < -0.4 is 4.74 Å². The van der Waals surface area contributed by atoms with Gasteiger partial charge in [-0.2, -0.15) is 0 Å². The molecule has 0 amide bonds. The third-order valence-corrected chi connectivity index (χ3v) is 8.46. The largest absolute Gasteiger partial charge is 0.491 e. The zero-order valence-electron chi connectivity index (χ0n) is 22.5. The highest BCUT2D eigenvalue weighted by Crippen LogP contribution is 2.43. The first kappa shape index (κ1) is 28.0. The second-order valence-electron chi connectivity index (χ2n) is 11.0. The molecule has 2 saturated carbocycles. The van der Waals surface area contributed by atoms with E-state index in [1.165, 1.54) is 0 Å². The van der Waals surface area contributed by atoms with Crippen molar-refractivity contribution in [3.8, 4) is 5.75 Å². The monoisotopic (exact) mass is 516 g/mol. The topological polar surface area (TPSA) is 18.5 Å². The lowest BCUT2D eigenvalue weighted by atomic mass is 9.75. The number of rotatable bonds is 11. The van der Waals surface area contributed by atoms with Gasteiger partial charge in [-0.25, -0.2) is 13.2 Å². The molecule has 2 nitrogen and oxygen atoms in total. The zero-order valence-corrected chi connectivity index (χ0v) is 22.5. The van der Waals surface area contributed by atoms with Crippen LogP contribution in [0.4, 0.5) is 13.2 Å². The Labute approximate surface area is 220 Å². The van der Waals surface area contributed by atoms with Crippen LogP contribution in [0.1, 0.15) is 125 Å². The van der Waals surface area contributed by atoms with E-state index in [1.807, 2.05) is 18.2 Å². The van der Waals surface area contributed by atoms with Crippen molar-refractivity contribution >= 4 is 0 Å². The summed E-state index contributed by atoms with van der Waals surface area (Å²) < 4.78 is 56.5. The molecule has 0 spiro atoms. The Morgan fingerprint density at radius 2 is 1.22 bits per heavy atom. The van der Waals surface area contributed by atoms with E-state index in [2.05, 4.69) is 13.8 Å². The molecule has 2 aliphatic carbocycles. The van der Waals surface area contributed by atoms with E-state index in [4.69, 9.17) is 9.47 Å². The van der Waals surface area contributed by atoms with Crippen molar-refractivity contribution in [1.82, 2.24) is 0 Å². The Morgan fingerprint density at radius 1 is 0.676 bits per heavy atom. The predicted molar refractivity (Wildman–Crippen MR) is 143 cm³/mol. The van der Waals surface area contributed by atoms with Gasteiger partial charge < -0.3 is 9.47 Å². The van der Waals surface area contributed by atoms with Gasteiger partial charge in [-0.05, 0) is 111 Å². The van der Waals surface area contributed by atoms with Gasteiger partial charge in [0.2, 0.25) is 0 Å². The van der Waals surface area contributed by atoms with Crippen LogP contribution in [0.2, 0.25) is 0 Å². The number of benzene rings is 2. The van der Waals surface area contributed by atoms with Crippen molar-refractivity contribution in [2.45, 2.75) is 115 Å². The highest BCUT2D eigenvalue weighted by Gasteiger charge is 2.30. The lowest BCUT2D eigenvalue weighted by molar-refractivity contribution is 0.0230. The minimum atomic E-state index is -0.665. The van der Waals surface area contributed by atoms with Crippen molar-refractivity contribution in [3.63, 3.8) is 0 Å². The zero-order chi connectivity index (χ0) is 26.2. The van der Waals surface area contributed by atoms with E-state index >= 15 is 8.78 Å². The molecular formula is C32H43F3O2. The fourth-order valence-electron chi connectivity index (χ4n) is 6.10. The second kappa shape index (κ2) is 13.7. The lowest BCUT2D eigenvalue weighted by Gasteiger charge is -2.31. The maximum absolute atomic E-state index is 15.3. The minimum absolute atomic E-state index is 0.00370. The standard InChI is InChI=1S/C32H43F3O2/c1-3-5-19-36-26-14-11-24(12-15-26)28-17-16-27(31(34)32(28)35)23-9-7-22(8-10-23)25-13-18-30(29(33)21-25)37-20-6-4-2/h13,16-18,21-24,26H,3-12,14-15,19-20H2,1-2H3. The van der Waals surface area contributed by atoms with Gasteiger partial charge in [-0.3, -0.25) is 0 Å². The van der Waals surface area contributed by atoms with Crippen molar-refractivity contribution in [3.05, 3.63) is 64.5 Å². The van der Waals surface area contributed by atoms with Crippen LogP contribution in [-0.4, -0.2) is 19.3 Å². The third kappa shape index (κ3) is 7.10. The molecule has 2 aliphatic rings. The van der Waals surface area contributed by atoms with Crippen LogP contribution in [0.15, 0.2) is 30.3 Å². The van der Waals surface area contributed by atoms with Gasteiger partial charge in [0.15, 0.2) is 23.2 Å². The third-order valence-electron chi connectivity index (χ3n) is 8.46. The van der Waals surface area contributed by atoms with E-state index in [-0.39, 0.29) is 29.7 Å². The summed E-state index contributed by atoms with van der Waals surface area (Å²) in [6, 6.07) is 8.92. The fraction of sp³-hybridized carbons (Fsp3) is 0.625. The molecule has 0 N–H and O–H groups in total. The number of unbranched alkanes of at least 4 members (excludes halogenated alkanes) is 2. The average Bonchev–Trinajstić information content (AvgIpc) is 2.92. The first-order chi connectivity index (χ1) is 18.0. The molecule has 0 bridgehead atoms. The van der Waals surface area contributed by atoms with Crippen molar-refractivity contribution in [2.24, 2.45) is 0 Å². The van der Waals surface area contributed by atoms with Crippen LogP contribution in [0.3, 0.4) is 0 Å². The van der Waals surface area contributed by atoms with Gasteiger partial charge in [0.05, 0.1) is 12.7 Å². The summed E-state index contributed by atoms with van der Waals surface area (Å²) in [6.07, 6.45) is 11.1. The summed E-state index contributed by atoms with van der Waals surface area (Å²) in [7, 11) is 0. The number of ether oxygens (including phenoxy) is 2. The van der Waals surface area contributed by atoms with E-state index < -0.39 is 11.6 Å². The van der Waals surface area contributed by atoms with E-state index in [9.17, 15) is 4.39 Å². The van der Waals surface area contributed by atoms with Gasteiger partial charge in [0.1, 0.15) is 0 Å². The fourth-order valence-corrected chi connectivity index (χ4v) is 6.10. The summed E-state index contributed by atoms with van der Waals surface area (Å²) in [6.45, 7) is 5.54. The van der Waals surface area contributed by atoms with Crippen molar-refractivity contribution in [2.75, 3.05) is 13.2 Å². The highest BCUT2D eigenvalue weighted by molar-refractivity contribution is 5.34. The average molecular weight is 517 g/mol. The van der Waals surface area contributed by atoms with Gasteiger partial charge >= 0.3 is 0 Å². The molecule has 0 heterocycles. The highest BCUT2D eigenvalue weighted by atomic mass is 19.2. The minimum Gasteiger partial charge on any atom is -0.491 e. The molecule has 0 unspecified atom stereocenters. The van der Waals surface area contributed by atoms with E-state index in [0.29, 0.717) is 23.5 Å². The van der Waals surface area contributed by atoms with Crippen LogP contribution in [0.25, 0.3) is 0 Å². The normalized spacial score (nSPS) is 24.2. The molecule has 5 heteroatoms. The van der Waals surface area contributed by atoms with Crippen LogP contribution >= 0.6 is 0 Å². The van der Waals surface area contributed by atoms with Crippen LogP contribution in [0, 0.1) is 17.5 Å². The molecule has 2 fully saturated rings. The summed E-state index contributed by atoms with van der Waals surface area (Å²) in [5.41, 5.74) is 2.00. The maximum Gasteiger partial charge on any atom is 0.165 e. The quantitative estimate of drug-likeness (QED) is 0.277. The Hall–Kier alpha value is -2.01. The molecule has 2 aromatic carbocycles. The van der Waals surface area contributed by atoms with Gasteiger partial charge in [0, 0.05) is 6.61 Å². The Balaban J connectivity index is 1.33. The Morgan fingerprint density at radius 3 is 1.78 bits per heavy atom. The van der Waals surface area contributed by atoms with Gasteiger partial charge in [-0.15, -0.1) is 0 Å². The second-order valence-corrected chi connectivity index (χ2v) is 11.0. The first-order valence-electron chi connectivity index (χ1n) is 14.5. The summed E-state index contributed by atoms with van der Waals surface area (Å²) in [4.78, 5) is 0. The number of hydrogen-bond donors (Lipinski definition) is 0. The lowest BCUT2D eigenvalue weighted by Crippen LogP contribution is -2.22. The van der Waals surface area contributed by atoms with E-state index in [1.54, 1.807) is 12.1 Å². The van der Waals surface area contributed by atoms with E-state index in [0.717, 1.165) is 89.2 Å². The van der Waals surface area contributed by atoms with Crippen molar-refractivity contribution < 1.29 is 22.6 Å². The molecule has 204 valence electrons. The van der Waals surface area contributed by atoms with Gasteiger partial charge in [0.25, 0.3) is 0 Å². The predicted octanol–water partition coefficient (Wildman–Crippen LogP) is 9.57. The molecular weight excluding hydrogens is 473 g/mol. The SMILES string of the molecule is CCCCOc1ccc(C2CCC(c3ccc(C4CCC(OCCCC)CC4)c(F)c3F)CC2)cc1F. The first-order valence-corrected chi connectivity index (χ1v) is 14.5. The smallest absolute Gasteiger partial charge is 0.165 e. The molecule has 4 rings (SSSR count). The summed E-state index contributed by atoms with van der Waals surface area (Å²) >= 11 is 0. The van der Waals surface area contributed by atoms with Crippen LogP contribution in [0.5, 0.6) is 5.75 Å². The molecule has 37 heavy (non-hydrogen) atoms. The molecule has 0 aromatic heterocycles. The summed E-state index contributed by atoms with van der Waals surface area (Å²) in [5.74, 6) is -1.03. The maximum atomic E-state index is 15.3. The molecule has 0 atom stereocenters. The molecule has 0 saturated heterocycles. The van der Waals surface area contributed by atoms with Crippen molar-refractivity contribution in [1.29, 1.82) is 0 Å². The number of halogens is 3. The molecule has 0 radical (unpaired) electrons. The van der Waals surface area contributed by atoms with Gasteiger partial charge in [-0.1, -0.05) is 44.9 Å². The summed E-state index contributed by atoms with van der Waals surface area (Å²) in [5, 5.41) is 0. The Kier molecular flexibility index (Phi) is 10.4.